The highest BCUT2D eigenvalue weighted by Gasteiger charge is 2.32. The van der Waals surface area contributed by atoms with Crippen LogP contribution in [0.4, 0.5) is 5.69 Å². The average Bonchev–Trinajstić information content (AvgIpc) is 2.96. The van der Waals surface area contributed by atoms with Gasteiger partial charge in [0.25, 0.3) is 0 Å². The molecule has 0 amide bonds. The highest BCUT2D eigenvalue weighted by Crippen LogP contribution is 2.35. The molecule has 2 atom stereocenters. The molecule has 5 nitrogen and oxygen atoms in total. The molecule has 1 fully saturated rings. The van der Waals surface area contributed by atoms with Crippen molar-refractivity contribution in [2.75, 3.05) is 24.7 Å². The number of nitrogens with zero attached hydrogens (tertiary/aromatic N) is 2. The van der Waals surface area contributed by atoms with Crippen LogP contribution in [-0.2, 0) is 11.3 Å². The maximum absolute atomic E-state index is 5.78. The first kappa shape index (κ1) is 12.2. The summed E-state index contributed by atoms with van der Waals surface area (Å²) in [6, 6.07) is 2.61. The summed E-state index contributed by atoms with van der Waals surface area (Å²) < 4.78 is 5.78. The van der Waals surface area contributed by atoms with Gasteiger partial charge in [-0.25, -0.2) is 4.98 Å². The third kappa shape index (κ3) is 1.81. The van der Waals surface area contributed by atoms with E-state index in [0.29, 0.717) is 25.3 Å². The maximum Gasteiger partial charge on any atom is 0.139 e. The summed E-state index contributed by atoms with van der Waals surface area (Å²) in [5, 5.41) is 4.73. The van der Waals surface area contributed by atoms with E-state index in [1.54, 1.807) is 0 Å². The topological polar surface area (TPSA) is 53.2 Å². The number of pyridine rings is 1. The third-order valence-electron chi connectivity index (χ3n) is 4.60. The largest absolute Gasteiger partial charge is 0.356 e. The van der Waals surface area contributed by atoms with Gasteiger partial charge in [0.15, 0.2) is 0 Å². The van der Waals surface area contributed by atoms with Crippen LogP contribution in [0.5, 0.6) is 0 Å². The van der Waals surface area contributed by atoms with Gasteiger partial charge in [0, 0.05) is 35.9 Å². The normalized spacial score (nSPS) is 26.8. The molecular formula is C15H20N4O. The molecule has 0 radical (unpaired) electrons. The van der Waals surface area contributed by atoms with Crippen LogP contribution in [0.1, 0.15) is 18.9 Å². The predicted octanol–water partition coefficient (Wildman–Crippen LogP) is 1.85. The van der Waals surface area contributed by atoms with Crippen molar-refractivity contribution in [3.63, 3.8) is 0 Å². The molecule has 2 aliphatic heterocycles. The van der Waals surface area contributed by atoms with Crippen molar-refractivity contribution in [1.29, 1.82) is 0 Å². The number of aromatic amines is 1. The first-order valence-electron chi connectivity index (χ1n) is 7.34. The van der Waals surface area contributed by atoms with Crippen LogP contribution in [0, 0.1) is 5.92 Å². The second-order valence-corrected chi connectivity index (χ2v) is 5.86. The van der Waals surface area contributed by atoms with Crippen molar-refractivity contribution in [1.82, 2.24) is 15.3 Å². The van der Waals surface area contributed by atoms with E-state index in [9.17, 15) is 0 Å². The van der Waals surface area contributed by atoms with Gasteiger partial charge in [-0.1, -0.05) is 6.92 Å². The van der Waals surface area contributed by atoms with Crippen LogP contribution in [0.3, 0.4) is 0 Å². The van der Waals surface area contributed by atoms with Crippen LogP contribution in [-0.4, -0.2) is 35.8 Å². The summed E-state index contributed by atoms with van der Waals surface area (Å²) in [7, 11) is 0. The molecule has 0 spiro atoms. The lowest BCUT2D eigenvalue weighted by Gasteiger charge is -2.42. The number of H-pyrrole nitrogens is 1. The van der Waals surface area contributed by atoms with Crippen molar-refractivity contribution < 1.29 is 4.74 Å². The molecule has 4 heterocycles. The summed E-state index contributed by atoms with van der Waals surface area (Å²) in [4.78, 5) is 10.1. The molecule has 0 unspecified atom stereocenters. The van der Waals surface area contributed by atoms with E-state index in [1.165, 1.54) is 23.1 Å². The second-order valence-electron chi connectivity index (χ2n) is 5.86. The Kier molecular flexibility index (Phi) is 2.89. The summed E-state index contributed by atoms with van der Waals surface area (Å²) >= 11 is 0. The van der Waals surface area contributed by atoms with Gasteiger partial charge in [-0.2, -0.15) is 0 Å². The Morgan fingerprint density at radius 1 is 1.45 bits per heavy atom. The lowest BCUT2D eigenvalue weighted by molar-refractivity contribution is 0.0964. The lowest BCUT2D eigenvalue weighted by Crippen LogP contribution is -2.52. The monoisotopic (exact) mass is 272 g/mol. The summed E-state index contributed by atoms with van der Waals surface area (Å²) in [6.45, 7) is 5.82. The third-order valence-corrected chi connectivity index (χ3v) is 4.60. The lowest BCUT2D eigenvalue weighted by atomic mass is 9.92. The molecule has 2 aromatic heterocycles. The Labute approximate surface area is 118 Å². The maximum atomic E-state index is 5.78. The number of nitrogens with one attached hydrogen (secondary N) is 2. The minimum absolute atomic E-state index is 0.489. The van der Waals surface area contributed by atoms with E-state index in [0.717, 1.165) is 18.7 Å². The van der Waals surface area contributed by atoms with Gasteiger partial charge < -0.3 is 19.9 Å². The minimum Gasteiger partial charge on any atom is -0.356 e. The number of hydrogen-bond donors (Lipinski definition) is 2. The highest BCUT2D eigenvalue weighted by atomic mass is 16.5. The fourth-order valence-electron chi connectivity index (χ4n) is 3.45. The molecule has 0 bridgehead atoms. The van der Waals surface area contributed by atoms with Crippen molar-refractivity contribution in [2.45, 2.75) is 26.0 Å². The number of rotatable bonds is 1. The van der Waals surface area contributed by atoms with E-state index < -0.39 is 0 Å². The molecule has 1 saturated heterocycles. The standard InChI is InChI=1S/C15H20N4O/c1-10-2-4-16-7-13(10)19-9-20-8-11-6-18-15-12(14(11)19)3-5-17-15/h3,5-6,10,13,16H,2,4,7-9H2,1H3,(H,17,18)/t10-,13+/m1/s1. The number of fused-ring (bicyclic) bond motifs is 3. The number of ether oxygens (including phenoxy) is 1. The van der Waals surface area contributed by atoms with E-state index in [1.807, 2.05) is 12.4 Å². The van der Waals surface area contributed by atoms with Gasteiger partial charge in [0.2, 0.25) is 0 Å². The molecular weight excluding hydrogens is 252 g/mol. The molecule has 2 N–H and O–H groups in total. The minimum atomic E-state index is 0.489. The van der Waals surface area contributed by atoms with Crippen molar-refractivity contribution in [3.8, 4) is 0 Å². The fraction of sp³-hybridized carbons (Fsp3) is 0.533. The average molecular weight is 272 g/mol. The van der Waals surface area contributed by atoms with Crippen LogP contribution in [0.15, 0.2) is 18.5 Å². The van der Waals surface area contributed by atoms with Crippen molar-refractivity contribution in [2.24, 2.45) is 5.92 Å². The quantitative estimate of drug-likeness (QED) is 0.832. The number of piperidine rings is 1. The number of aromatic nitrogens is 2. The zero-order valence-electron chi connectivity index (χ0n) is 11.7. The van der Waals surface area contributed by atoms with Crippen molar-refractivity contribution in [3.05, 3.63) is 24.0 Å². The molecule has 0 aliphatic carbocycles. The van der Waals surface area contributed by atoms with E-state index in [2.05, 4.69) is 33.2 Å². The van der Waals surface area contributed by atoms with Crippen LogP contribution in [0.25, 0.3) is 11.0 Å². The molecule has 106 valence electrons. The van der Waals surface area contributed by atoms with Gasteiger partial charge in [-0.15, -0.1) is 0 Å². The van der Waals surface area contributed by atoms with E-state index in [-0.39, 0.29) is 0 Å². The number of anilines is 1. The van der Waals surface area contributed by atoms with E-state index >= 15 is 0 Å². The van der Waals surface area contributed by atoms with Crippen molar-refractivity contribution >= 4 is 16.7 Å². The van der Waals surface area contributed by atoms with Gasteiger partial charge in [0.05, 0.1) is 12.3 Å². The molecule has 20 heavy (non-hydrogen) atoms. The molecule has 2 aromatic rings. The Morgan fingerprint density at radius 2 is 2.40 bits per heavy atom. The summed E-state index contributed by atoms with van der Waals surface area (Å²) in [5.74, 6) is 0.674. The smallest absolute Gasteiger partial charge is 0.139 e. The summed E-state index contributed by atoms with van der Waals surface area (Å²) in [5.41, 5.74) is 3.47. The van der Waals surface area contributed by atoms with Gasteiger partial charge in [-0.05, 0) is 24.9 Å². The van der Waals surface area contributed by atoms with Gasteiger partial charge in [-0.3, -0.25) is 0 Å². The van der Waals surface area contributed by atoms with Gasteiger partial charge in [0.1, 0.15) is 12.4 Å². The zero-order valence-corrected chi connectivity index (χ0v) is 11.7. The SMILES string of the molecule is C[C@@H]1CCNC[C@@H]1N1COCc2cnc3[nH]ccc3c21. The van der Waals surface area contributed by atoms with Crippen LogP contribution in [0.2, 0.25) is 0 Å². The van der Waals surface area contributed by atoms with Crippen LogP contribution >= 0.6 is 0 Å². The molecule has 0 saturated carbocycles. The first-order valence-corrected chi connectivity index (χ1v) is 7.34. The highest BCUT2D eigenvalue weighted by molar-refractivity contribution is 5.92. The van der Waals surface area contributed by atoms with Gasteiger partial charge >= 0.3 is 0 Å². The first-order chi connectivity index (χ1) is 9.84. The number of hydrogen-bond acceptors (Lipinski definition) is 4. The van der Waals surface area contributed by atoms with E-state index in [4.69, 9.17) is 4.74 Å². The zero-order chi connectivity index (χ0) is 13.5. The molecule has 2 aliphatic rings. The Hall–Kier alpha value is -1.59. The molecule has 5 heteroatoms. The fourth-order valence-corrected chi connectivity index (χ4v) is 3.45. The molecule has 4 rings (SSSR count). The Balaban J connectivity index is 1.82. The second kappa shape index (κ2) is 4.75. The predicted molar refractivity (Wildman–Crippen MR) is 78.7 cm³/mol. The summed E-state index contributed by atoms with van der Waals surface area (Å²) in [6.07, 6.45) is 5.13. The molecule has 0 aromatic carbocycles. The van der Waals surface area contributed by atoms with Crippen LogP contribution < -0.4 is 10.2 Å². The Morgan fingerprint density at radius 3 is 3.30 bits per heavy atom. The Bertz CT molecular complexity index is 623.